The van der Waals surface area contributed by atoms with Crippen molar-refractivity contribution in [3.8, 4) is 17.6 Å². The highest BCUT2D eigenvalue weighted by Gasteiger charge is 2.34. The molecule has 204 valence electrons. The molecule has 1 amide bonds. The van der Waals surface area contributed by atoms with Crippen molar-refractivity contribution in [2.45, 2.75) is 32.7 Å². The molecule has 0 radical (unpaired) electrons. The lowest BCUT2D eigenvalue weighted by Crippen LogP contribution is -2.40. The molecule has 0 fully saturated rings. The molecule has 1 aromatic heterocycles. The zero-order valence-electron chi connectivity index (χ0n) is 22.6. The van der Waals surface area contributed by atoms with Crippen molar-refractivity contribution in [2.75, 3.05) is 19.9 Å². The summed E-state index contributed by atoms with van der Waals surface area (Å²) in [5.41, 5.74) is 7.97. The van der Waals surface area contributed by atoms with Gasteiger partial charge in [0.1, 0.15) is 17.4 Å². The van der Waals surface area contributed by atoms with Gasteiger partial charge in [-0.05, 0) is 54.8 Å². The minimum Gasteiger partial charge on any atom is -0.458 e. The van der Waals surface area contributed by atoms with E-state index in [0.29, 0.717) is 59.9 Å². The van der Waals surface area contributed by atoms with Gasteiger partial charge in [0, 0.05) is 24.1 Å². The second-order valence-corrected chi connectivity index (χ2v) is 10.1. The number of carbonyl (C=O) groups excluding carboxylic acids is 1. The molecular weight excluding hydrogens is 506 g/mol. The number of hydrogen-bond acceptors (Lipinski definition) is 7. The normalized spacial score (nSPS) is 12.9. The Hall–Kier alpha value is -4.61. The van der Waals surface area contributed by atoms with Crippen LogP contribution < -0.4 is 20.6 Å². The number of hydrogen-bond donors (Lipinski definition) is 1. The van der Waals surface area contributed by atoms with Crippen LogP contribution >= 0.6 is 0 Å². The molecule has 0 aliphatic carbocycles. The van der Waals surface area contributed by atoms with E-state index < -0.39 is 6.04 Å². The summed E-state index contributed by atoms with van der Waals surface area (Å²) in [5, 5.41) is 9.99. The van der Waals surface area contributed by atoms with E-state index in [0.717, 1.165) is 5.56 Å². The molecule has 40 heavy (non-hydrogen) atoms. The lowest BCUT2D eigenvalue weighted by atomic mass is 9.91. The summed E-state index contributed by atoms with van der Waals surface area (Å²) in [6.45, 7) is 4.84. The van der Waals surface area contributed by atoms with Crippen LogP contribution in [-0.2, 0) is 6.42 Å². The minimum absolute atomic E-state index is 0.105. The van der Waals surface area contributed by atoms with E-state index in [-0.39, 0.29) is 35.0 Å². The smallest absolute Gasteiger partial charge is 0.254 e. The highest BCUT2D eigenvalue weighted by atomic mass is 16.7. The molecule has 1 aliphatic heterocycles. The van der Waals surface area contributed by atoms with Crippen LogP contribution in [0.2, 0.25) is 0 Å². The monoisotopic (exact) mass is 537 g/mol. The van der Waals surface area contributed by atoms with Crippen LogP contribution in [0.3, 0.4) is 0 Å². The topological polar surface area (TPSA) is 119 Å². The second-order valence-electron chi connectivity index (χ2n) is 10.1. The molecule has 1 unspecified atom stereocenters. The average Bonchev–Trinajstić information content (AvgIpc) is 3.44. The standard InChI is InChI=1S/C32H31N3O5/c1-20(2)29(35(15-7-14-33)32(37)22-12-13-25-27(17-22)39-19-38-25)31-24(16-21-8-4-3-5-9-21)30(36)28-23(18-34)10-6-11-26(28)40-31/h3-6,8-13,17,20,29H,7,14-16,19,33H2,1-2H3. The van der Waals surface area contributed by atoms with E-state index >= 15 is 0 Å². The van der Waals surface area contributed by atoms with E-state index in [9.17, 15) is 14.9 Å². The van der Waals surface area contributed by atoms with Crippen molar-refractivity contribution in [3.05, 3.63) is 105 Å². The van der Waals surface area contributed by atoms with Gasteiger partial charge in [-0.2, -0.15) is 5.26 Å². The maximum absolute atomic E-state index is 14.1. The molecule has 0 spiro atoms. The number of fused-ring (bicyclic) bond motifs is 2. The third-order valence-electron chi connectivity index (χ3n) is 7.11. The number of nitriles is 1. The molecule has 2 heterocycles. The Kier molecular flexibility index (Phi) is 7.85. The number of benzene rings is 3. The van der Waals surface area contributed by atoms with E-state index in [2.05, 4.69) is 6.07 Å². The molecule has 2 N–H and O–H groups in total. The minimum atomic E-state index is -0.578. The number of carbonyl (C=O) groups is 1. The second kappa shape index (κ2) is 11.6. The number of nitrogens with two attached hydrogens (primary N) is 1. The summed E-state index contributed by atoms with van der Waals surface area (Å²) in [5.74, 6) is 1.16. The van der Waals surface area contributed by atoms with Gasteiger partial charge in [-0.25, -0.2) is 0 Å². The summed E-state index contributed by atoms with van der Waals surface area (Å²) in [7, 11) is 0. The van der Waals surface area contributed by atoms with Crippen molar-refractivity contribution in [2.24, 2.45) is 11.7 Å². The van der Waals surface area contributed by atoms with Gasteiger partial charge in [0.2, 0.25) is 6.79 Å². The number of amides is 1. The van der Waals surface area contributed by atoms with Gasteiger partial charge >= 0.3 is 0 Å². The maximum atomic E-state index is 14.1. The van der Waals surface area contributed by atoms with Crippen molar-refractivity contribution in [1.82, 2.24) is 4.90 Å². The zero-order valence-corrected chi connectivity index (χ0v) is 22.6. The Labute approximate surface area is 232 Å². The fraction of sp³-hybridized carbons (Fsp3) is 0.281. The third-order valence-corrected chi connectivity index (χ3v) is 7.11. The number of rotatable bonds is 9. The molecule has 8 nitrogen and oxygen atoms in total. The van der Waals surface area contributed by atoms with Crippen LogP contribution in [0.25, 0.3) is 11.0 Å². The lowest BCUT2D eigenvalue weighted by molar-refractivity contribution is 0.0587. The first-order valence-electron chi connectivity index (χ1n) is 13.4. The zero-order chi connectivity index (χ0) is 28.2. The fourth-order valence-electron chi connectivity index (χ4n) is 5.22. The van der Waals surface area contributed by atoms with Gasteiger partial charge in [-0.1, -0.05) is 50.2 Å². The first kappa shape index (κ1) is 27.0. The Morgan fingerprint density at radius 3 is 2.55 bits per heavy atom. The quantitative estimate of drug-likeness (QED) is 0.313. The predicted molar refractivity (Wildman–Crippen MR) is 151 cm³/mol. The highest BCUT2D eigenvalue weighted by molar-refractivity contribution is 5.95. The van der Waals surface area contributed by atoms with Crippen molar-refractivity contribution < 1.29 is 18.7 Å². The van der Waals surface area contributed by atoms with Gasteiger partial charge in [0.15, 0.2) is 16.9 Å². The van der Waals surface area contributed by atoms with E-state index in [1.165, 1.54) is 0 Å². The summed E-state index contributed by atoms with van der Waals surface area (Å²) < 4.78 is 17.4. The SMILES string of the molecule is CC(C)C(c1oc2cccc(C#N)c2c(=O)c1Cc1ccccc1)N(CCCN)C(=O)c1ccc2c(c1)OCO2. The van der Waals surface area contributed by atoms with E-state index in [1.54, 1.807) is 41.3 Å². The molecule has 5 rings (SSSR count). The molecule has 1 atom stereocenters. The van der Waals surface area contributed by atoms with E-state index in [1.807, 2.05) is 44.2 Å². The molecule has 0 bridgehead atoms. The molecular formula is C32H31N3O5. The van der Waals surface area contributed by atoms with Gasteiger partial charge < -0.3 is 24.5 Å². The highest BCUT2D eigenvalue weighted by Crippen LogP contribution is 2.37. The van der Waals surface area contributed by atoms with Crippen LogP contribution in [0.1, 0.15) is 59.1 Å². The van der Waals surface area contributed by atoms with Crippen molar-refractivity contribution in [3.63, 3.8) is 0 Å². The number of nitrogens with zero attached hydrogens (tertiary/aromatic N) is 2. The maximum Gasteiger partial charge on any atom is 0.254 e. The van der Waals surface area contributed by atoms with Gasteiger partial charge in [0.05, 0.1) is 17.0 Å². The van der Waals surface area contributed by atoms with E-state index in [4.69, 9.17) is 19.6 Å². The number of ether oxygens (including phenoxy) is 2. The van der Waals surface area contributed by atoms with Gasteiger partial charge in [-0.3, -0.25) is 9.59 Å². The molecule has 0 saturated heterocycles. The van der Waals surface area contributed by atoms with Crippen LogP contribution in [0, 0.1) is 17.2 Å². The molecule has 0 saturated carbocycles. The van der Waals surface area contributed by atoms with Crippen LogP contribution in [0.4, 0.5) is 0 Å². The summed E-state index contributed by atoms with van der Waals surface area (Å²) in [6.07, 6.45) is 0.851. The summed E-state index contributed by atoms with van der Waals surface area (Å²) in [6, 6.07) is 21.3. The van der Waals surface area contributed by atoms with Gasteiger partial charge in [0.25, 0.3) is 5.91 Å². The summed E-state index contributed by atoms with van der Waals surface area (Å²) >= 11 is 0. The average molecular weight is 538 g/mol. The first-order valence-corrected chi connectivity index (χ1v) is 13.4. The summed E-state index contributed by atoms with van der Waals surface area (Å²) in [4.78, 5) is 30.0. The first-order chi connectivity index (χ1) is 19.4. The molecule has 8 heteroatoms. The Balaban J connectivity index is 1.70. The van der Waals surface area contributed by atoms with Crippen LogP contribution in [0.15, 0.2) is 75.9 Å². The Morgan fingerprint density at radius 2 is 1.82 bits per heavy atom. The molecule has 3 aromatic carbocycles. The predicted octanol–water partition coefficient (Wildman–Crippen LogP) is 5.17. The van der Waals surface area contributed by atoms with Crippen molar-refractivity contribution in [1.29, 1.82) is 5.26 Å². The van der Waals surface area contributed by atoms with Crippen LogP contribution in [0.5, 0.6) is 11.5 Å². The molecule has 4 aromatic rings. The lowest BCUT2D eigenvalue weighted by Gasteiger charge is -2.35. The van der Waals surface area contributed by atoms with Crippen LogP contribution in [-0.4, -0.2) is 30.7 Å². The fourth-order valence-corrected chi connectivity index (χ4v) is 5.22. The molecule has 1 aliphatic rings. The van der Waals surface area contributed by atoms with Crippen molar-refractivity contribution >= 4 is 16.9 Å². The third kappa shape index (κ3) is 5.16. The Bertz CT molecular complexity index is 1640. The largest absolute Gasteiger partial charge is 0.458 e. The Morgan fingerprint density at radius 1 is 1.05 bits per heavy atom. The van der Waals surface area contributed by atoms with Gasteiger partial charge in [-0.15, -0.1) is 0 Å².